The molecule has 12 nitrogen and oxygen atoms in total. The number of nitro benzene ring substituents is 2. The van der Waals surface area contributed by atoms with Crippen LogP contribution in [0.3, 0.4) is 0 Å². The minimum atomic E-state index is -0.910. The third-order valence-corrected chi connectivity index (χ3v) is 4.21. The topological polar surface area (TPSA) is 173 Å². The van der Waals surface area contributed by atoms with Crippen molar-refractivity contribution >= 4 is 23.2 Å². The number of furan rings is 1. The zero-order valence-electron chi connectivity index (χ0n) is 16.6. The van der Waals surface area contributed by atoms with Gasteiger partial charge in [-0.1, -0.05) is 5.16 Å². The molecule has 0 atom stereocenters. The average molecular weight is 440 g/mol. The van der Waals surface area contributed by atoms with E-state index in [1.54, 1.807) is 6.92 Å². The van der Waals surface area contributed by atoms with Gasteiger partial charge in [0, 0.05) is 29.3 Å². The molecule has 0 unspecified atom stereocenters. The third-order valence-electron chi connectivity index (χ3n) is 4.21. The summed E-state index contributed by atoms with van der Waals surface area (Å²) in [6, 6.07) is 12.4. The second kappa shape index (κ2) is 9.38. The van der Waals surface area contributed by atoms with Gasteiger partial charge in [0.25, 0.3) is 11.4 Å². The summed E-state index contributed by atoms with van der Waals surface area (Å²) in [6.07, 6.45) is 0. The first kappa shape index (κ1) is 22.0. The van der Waals surface area contributed by atoms with Crippen LogP contribution in [0, 0.1) is 27.2 Å². The normalized spacial score (nSPS) is 11.1. The molecular weight excluding hydrogens is 424 g/mol. The van der Waals surface area contributed by atoms with Crippen LogP contribution in [-0.2, 0) is 11.4 Å². The summed E-state index contributed by atoms with van der Waals surface area (Å²) in [5.74, 6) is -0.512. The van der Waals surface area contributed by atoms with E-state index in [9.17, 15) is 25.0 Å². The van der Waals surface area contributed by atoms with Gasteiger partial charge in [0.2, 0.25) is 5.76 Å². The van der Waals surface area contributed by atoms with Gasteiger partial charge < -0.3 is 19.7 Å². The van der Waals surface area contributed by atoms with Crippen LogP contribution in [0.5, 0.6) is 5.75 Å². The van der Waals surface area contributed by atoms with Gasteiger partial charge in [-0.25, -0.2) is 4.79 Å². The molecular formula is C20H16N4O8. The van der Waals surface area contributed by atoms with Crippen LogP contribution < -0.4 is 10.5 Å². The highest BCUT2D eigenvalue weighted by Gasteiger charge is 2.15. The summed E-state index contributed by atoms with van der Waals surface area (Å²) in [6.45, 7) is 1.56. The van der Waals surface area contributed by atoms with Crippen LogP contribution in [0.25, 0.3) is 0 Å². The minimum absolute atomic E-state index is 0.0195. The van der Waals surface area contributed by atoms with Crippen molar-refractivity contribution in [2.75, 3.05) is 0 Å². The number of benzene rings is 2. The zero-order valence-corrected chi connectivity index (χ0v) is 16.6. The lowest BCUT2D eigenvalue weighted by Crippen LogP contribution is -2.15. The van der Waals surface area contributed by atoms with Crippen LogP contribution in [0.15, 0.2) is 64.2 Å². The van der Waals surface area contributed by atoms with Crippen LogP contribution in [0.4, 0.5) is 11.4 Å². The number of ether oxygens (including phenoxy) is 1. The summed E-state index contributed by atoms with van der Waals surface area (Å²) in [4.78, 5) is 37.3. The Kier molecular flexibility index (Phi) is 6.44. The molecule has 0 spiro atoms. The summed E-state index contributed by atoms with van der Waals surface area (Å²) in [7, 11) is 0. The summed E-state index contributed by atoms with van der Waals surface area (Å²) in [5.41, 5.74) is 6.35. The number of amidine groups is 1. The number of hydrogen-bond acceptors (Lipinski definition) is 9. The van der Waals surface area contributed by atoms with Crippen LogP contribution in [0.1, 0.15) is 27.4 Å². The molecule has 0 bridgehead atoms. The van der Waals surface area contributed by atoms with Crippen molar-refractivity contribution < 1.29 is 28.6 Å². The Morgan fingerprint density at radius 3 is 2.41 bits per heavy atom. The summed E-state index contributed by atoms with van der Waals surface area (Å²) >= 11 is 0. The number of carbonyl (C=O) groups is 1. The Hall–Kier alpha value is -4.74. The van der Waals surface area contributed by atoms with Crippen LogP contribution >= 0.6 is 0 Å². The number of aryl methyl sites for hydroxylation is 1. The predicted molar refractivity (Wildman–Crippen MR) is 110 cm³/mol. The maximum Gasteiger partial charge on any atom is 0.400 e. The molecule has 2 N–H and O–H groups in total. The van der Waals surface area contributed by atoms with E-state index >= 15 is 0 Å². The van der Waals surface area contributed by atoms with E-state index in [2.05, 4.69) is 5.16 Å². The number of carbonyl (C=O) groups excluding carboxylic acids is 1. The highest BCUT2D eigenvalue weighted by atomic mass is 16.7. The molecule has 0 amide bonds. The lowest BCUT2D eigenvalue weighted by Gasteiger charge is -2.05. The molecule has 0 saturated carbocycles. The second-order valence-electron chi connectivity index (χ2n) is 6.42. The molecule has 12 heteroatoms. The molecule has 1 heterocycles. The standard InChI is InChI=1S/C20H16N4O8/c1-12-10-15(6-8-17(12)24(28)29)30-11-16-7-9-18(31-16)20(25)32-22-19(21)13-2-4-14(5-3-13)23(26)27/h2-10H,11H2,1H3,(H2,21,22). The quantitative estimate of drug-likeness (QED) is 0.181. The highest BCUT2D eigenvalue weighted by molar-refractivity contribution is 5.98. The minimum Gasteiger partial charge on any atom is -0.486 e. The Labute approximate surface area is 180 Å². The zero-order chi connectivity index (χ0) is 23.3. The fraction of sp³-hybridized carbons (Fsp3) is 0.100. The molecule has 3 aromatic rings. The summed E-state index contributed by atoms with van der Waals surface area (Å²) < 4.78 is 10.9. The molecule has 0 radical (unpaired) electrons. The lowest BCUT2D eigenvalue weighted by atomic mass is 10.2. The second-order valence-corrected chi connectivity index (χ2v) is 6.42. The van der Waals surface area contributed by atoms with Crippen molar-refractivity contribution in [2.24, 2.45) is 10.9 Å². The van der Waals surface area contributed by atoms with E-state index in [0.717, 1.165) is 0 Å². The maximum absolute atomic E-state index is 12.1. The van der Waals surface area contributed by atoms with Gasteiger partial charge in [-0.15, -0.1) is 0 Å². The highest BCUT2D eigenvalue weighted by Crippen LogP contribution is 2.24. The number of oxime groups is 1. The first-order valence-electron chi connectivity index (χ1n) is 9.01. The molecule has 0 aliphatic carbocycles. The SMILES string of the molecule is Cc1cc(OCc2ccc(C(=O)O/N=C(\N)c3ccc([N+](=O)[O-])cc3)o2)ccc1[N+](=O)[O-]. The van der Waals surface area contributed by atoms with Crippen LogP contribution in [-0.4, -0.2) is 21.7 Å². The van der Waals surface area contributed by atoms with Gasteiger partial charge in [0.05, 0.1) is 9.85 Å². The van der Waals surface area contributed by atoms with Gasteiger partial charge >= 0.3 is 5.97 Å². The van der Waals surface area contributed by atoms with Gasteiger partial charge in [-0.2, -0.15) is 0 Å². The Balaban J connectivity index is 1.58. The molecule has 0 aliphatic heterocycles. The number of nitrogens with zero attached hydrogens (tertiary/aromatic N) is 3. The smallest absolute Gasteiger partial charge is 0.400 e. The maximum atomic E-state index is 12.1. The van der Waals surface area contributed by atoms with Crippen LogP contribution in [0.2, 0.25) is 0 Å². The van der Waals surface area contributed by atoms with E-state index in [1.807, 2.05) is 0 Å². The fourth-order valence-corrected chi connectivity index (χ4v) is 2.58. The van der Waals surface area contributed by atoms with Gasteiger partial charge in [0.1, 0.15) is 18.1 Å². The molecule has 0 fully saturated rings. The number of nitro groups is 2. The monoisotopic (exact) mass is 440 g/mol. The van der Waals surface area contributed by atoms with E-state index in [0.29, 0.717) is 22.6 Å². The number of hydrogen-bond donors (Lipinski definition) is 1. The number of non-ortho nitro benzene ring substituents is 1. The first-order valence-corrected chi connectivity index (χ1v) is 9.01. The Bertz CT molecular complexity index is 1200. The van der Waals surface area contributed by atoms with Gasteiger partial charge in [-0.05, 0) is 43.3 Å². The average Bonchev–Trinajstić information content (AvgIpc) is 3.25. The van der Waals surface area contributed by atoms with Gasteiger partial charge in [0.15, 0.2) is 5.84 Å². The molecule has 164 valence electrons. The first-order chi connectivity index (χ1) is 15.2. The van der Waals surface area contributed by atoms with Crippen molar-refractivity contribution in [2.45, 2.75) is 13.5 Å². The molecule has 2 aromatic carbocycles. The summed E-state index contributed by atoms with van der Waals surface area (Å²) in [5, 5.41) is 25.0. The van der Waals surface area contributed by atoms with Gasteiger partial charge in [-0.3, -0.25) is 20.2 Å². The van der Waals surface area contributed by atoms with E-state index in [4.69, 9.17) is 19.7 Å². The largest absolute Gasteiger partial charge is 0.486 e. The number of rotatable bonds is 8. The van der Waals surface area contributed by atoms with Crippen molar-refractivity contribution in [1.29, 1.82) is 0 Å². The van der Waals surface area contributed by atoms with E-state index < -0.39 is 15.8 Å². The number of nitrogens with two attached hydrogens (primary N) is 1. The van der Waals surface area contributed by atoms with Crippen molar-refractivity contribution in [3.63, 3.8) is 0 Å². The van der Waals surface area contributed by atoms with Crippen molar-refractivity contribution in [1.82, 2.24) is 0 Å². The van der Waals surface area contributed by atoms with Crippen molar-refractivity contribution in [3.8, 4) is 5.75 Å². The van der Waals surface area contributed by atoms with Crippen molar-refractivity contribution in [3.05, 3.63) is 97.5 Å². The Morgan fingerprint density at radius 1 is 1.06 bits per heavy atom. The van der Waals surface area contributed by atoms with E-state index in [1.165, 1.54) is 54.6 Å². The molecule has 32 heavy (non-hydrogen) atoms. The molecule has 1 aromatic heterocycles. The predicted octanol–water partition coefficient (Wildman–Crippen LogP) is 3.46. The third kappa shape index (κ3) is 5.24. The lowest BCUT2D eigenvalue weighted by molar-refractivity contribution is -0.385. The molecule has 3 rings (SSSR count). The fourth-order valence-electron chi connectivity index (χ4n) is 2.58. The van der Waals surface area contributed by atoms with E-state index in [-0.39, 0.29) is 29.6 Å². The molecule has 0 aliphatic rings. The Morgan fingerprint density at radius 2 is 1.78 bits per heavy atom. The molecule has 0 saturated heterocycles.